The summed E-state index contributed by atoms with van der Waals surface area (Å²) in [5.41, 5.74) is 3.94. The Labute approximate surface area is 144 Å². The molecular formula is C21H15FNO2-. The van der Waals surface area contributed by atoms with Crippen molar-refractivity contribution in [2.24, 2.45) is 0 Å². The number of carbonyl (C=O) groups excluding carboxylic acids is 1. The molecule has 0 amide bonds. The molecule has 124 valence electrons. The Morgan fingerprint density at radius 1 is 1.12 bits per heavy atom. The van der Waals surface area contributed by atoms with Crippen molar-refractivity contribution >= 4 is 28.5 Å². The van der Waals surface area contributed by atoms with E-state index in [0.717, 1.165) is 24.0 Å². The fraction of sp³-hybridized carbons (Fsp3) is 0.143. The van der Waals surface area contributed by atoms with Crippen LogP contribution in [0.3, 0.4) is 0 Å². The number of rotatable bonds is 2. The van der Waals surface area contributed by atoms with E-state index < -0.39 is 5.97 Å². The highest BCUT2D eigenvalue weighted by atomic mass is 19.1. The lowest BCUT2D eigenvalue weighted by Crippen LogP contribution is -2.26. The SMILES string of the molecule is O=C([O-])c1c2c(nc3ccccc13)/C(=C/c1cccc(F)c1)CCC2. The molecule has 0 spiro atoms. The lowest BCUT2D eigenvalue weighted by molar-refractivity contribution is -0.254. The van der Waals surface area contributed by atoms with Crippen LogP contribution in [0.1, 0.15) is 40.0 Å². The van der Waals surface area contributed by atoms with Crippen molar-refractivity contribution in [2.45, 2.75) is 19.3 Å². The molecule has 0 radical (unpaired) electrons. The van der Waals surface area contributed by atoms with Gasteiger partial charge in [0.1, 0.15) is 5.82 Å². The van der Waals surface area contributed by atoms with E-state index in [1.54, 1.807) is 24.3 Å². The maximum absolute atomic E-state index is 13.5. The number of halogens is 1. The first kappa shape index (κ1) is 15.5. The Morgan fingerprint density at radius 2 is 1.96 bits per heavy atom. The van der Waals surface area contributed by atoms with Gasteiger partial charge >= 0.3 is 0 Å². The van der Waals surface area contributed by atoms with E-state index in [4.69, 9.17) is 4.98 Å². The molecule has 25 heavy (non-hydrogen) atoms. The van der Waals surface area contributed by atoms with Crippen molar-refractivity contribution in [3.8, 4) is 0 Å². The van der Waals surface area contributed by atoms with E-state index in [0.29, 0.717) is 28.6 Å². The highest BCUT2D eigenvalue weighted by molar-refractivity contribution is 6.05. The zero-order chi connectivity index (χ0) is 17.4. The molecular weight excluding hydrogens is 317 g/mol. The number of benzene rings is 2. The fourth-order valence-electron chi connectivity index (χ4n) is 3.51. The van der Waals surface area contributed by atoms with Crippen LogP contribution in [0.15, 0.2) is 48.5 Å². The smallest absolute Gasteiger partial charge is 0.123 e. The molecule has 3 aromatic rings. The Balaban J connectivity index is 1.97. The molecule has 0 fully saturated rings. The summed E-state index contributed by atoms with van der Waals surface area (Å²) in [5.74, 6) is -1.48. The second-order valence-corrected chi connectivity index (χ2v) is 6.20. The Bertz CT molecular complexity index is 1020. The summed E-state index contributed by atoms with van der Waals surface area (Å²) in [5, 5.41) is 12.4. The number of aromatic carboxylic acids is 1. The first-order valence-electron chi connectivity index (χ1n) is 8.23. The van der Waals surface area contributed by atoms with Crippen molar-refractivity contribution in [1.29, 1.82) is 0 Å². The molecule has 0 bridgehead atoms. The molecule has 4 rings (SSSR count). The molecule has 1 aliphatic rings. The number of nitrogens with zero attached hydrogens (tertiary/aromatic N) is 1. The number of carbonyl (C=O) groups is 1. The van der Waals surface area contributed by atoms with Crippen LogP contribution in [0.2, 0.25) is 0 Å². The molecule has 0 atom stereocenters. The summed E-state index contributed by atoms with van der Waals surface area (Å²) >= 11 is 0. The van der Waals surface area contributed by atoms with Gasteiger partial charge in [-0.25, -0.2) is 9.37 Å². The normalized spacial score (nSPS) is 15.3. The van der Waals surface area contributed by atoms with Crippen molar-refractivity contribution in [3.63, 3.8) is 0 Å². The highest BCUT2D eigenvalue weighted by Gasteiger charge is 2.22. The molecule has 0 unspecified atom stereocenters. The first-order valence-corrected chi connectivity index (χ1v) is 8.23. The molecule has 0 saturated carbocycles. The third-order valence-electron chi connectivity index (χ3n) is 4.56. The van der Waals surface area contributed by atoms with Crippen LogP contribution in [-0.2, 0) is 6.42 Å². The van der Waals surface area contributed by atoms with Crippen LogP contribution < -0.4 is 5.11 Å². The molecule has 2 aromatic carbocycles. The number of para-hydroxylation sites is 1. The van der Waals surface area contributed by atoms with Crippen LogP contribution in [0, 0.1) is 5.82 Å². The first-order chi connectivity index (χ1) is 12.1. The number of carboxylic acids is 1. The zero-order valence-corrected chi connectivity index (χ0v) is 13.5. The van der Waals surface area contributed by atoms with E-state index in [1.165, 1.54) is 12.1 Å². The summed E-state index contributed by atoms with van der Waals surface area (Å²) < 4.78 is 13.5. The number of carboxylic acid groups (broad SMARTS) is 1. The van der Waals surface area contributed by atoms with Gasteiger partial charge in [-0.3, -0.25) is 0 Å². The largest absolute Gasteiger partial charge is 0.545 e. The van der Waals surface area contributed by atoms with Crippen molar-refractivity contribution in [2.75, 3.05) is 0 Å². The molecule has 0 aliphatic heterocycles. The Kier molecular flexibility index (Phi) is 3.80. The minimum absolute atomic E-state index is 0.227. The van der Waals surface area contributed by atoms with Crippen molar-refractivity contribution in [1.82, 2.24) is 4.98 Å². The summed E-state index contributed by atoms with van der Waals surface area (Å²) in [6.45, 7) is 0. The summed E-state index contributed by atoms with van der Waals surface area (Å²) in [6, 6.07) is 13.5. The second-order valence-electron chi connectivity index (χ2n) is 6.20. The third-order valence-corrected chi connectivity index (χ3v) is 4.56. The van der Waals surface area contributed by atoms with Gasteiger partial charge in [0, 0.05) is 10.9 Å². The van der Waals surface area contributed by atoms with Gasteiger partial charge in [-0.1, -0.05) is 30.3 Å². The topological polar surface area (TPSA) is 53.0 Å². The lowest BCUT2D eigenvalue weighted by atomic mass is 9.86. The summed E-state index contributed by atoms with van der Waals surface area (Å²) in [7, 11) is 0. The average Bonchev–Trinajstić information content (AvgIpc) is 2.60. The van der Waals surface area contributed by atoms with E-state index in [1.807, 2.05) is 18.2 Å². The predicted octanol–water partition coefficient (Wildman–Crippen LogP) is 3.61. The molecule has 3 nitrogen and oxygen atoms in total. The van der Waals surface area contributed by atoms with Crippen LogP contribution in [0.4, 0.5) is 4.39 Å². The van der Waals surface area contributed by atoms with Crippen molar-refractivity contribution in [3.05, 3.63) is 76.7 Å². The van der Waals surface area contributed by atoms with Gasteiger partial charge in [0.25, 0.3) is 0 Å². The van der Waals surface area contributed by atoms with Gasteiger partial charge in [-0.2, -0.15) is 0 Å². The molecule has 0 saturated heterocycles. The van der Waals surface area contributed by atoms with Crippen LogP contribution in [0.25, 0.3) is 22.6 Å². The van der Waals surface area contributed by atoms with Crippen LogP contribution in [0.5, 0.6) is 0 Å². The second kappa shape index (κ2) is 6.13. The quantitative estimate of drug-likeness (QED) is 0.720. The Hall–Kier alpha value is -3.01. The fourth-order valence-corrected chi connectivity index (χ4v) is 3.51. The molecule has 1 heterocycles. The Morgan fingerprint density at radius 3 is 2.76 bits per heavy atom. The van der Waals surface area contributed by atoms with E-state index in [-0.39, 0.29) is 11.4 Å². The van der Waals surface area contributed by atoms with E-state index in [9.17, 15) is 14.3 Å². The number of allylic oxidation sites excluding steroid dienone is 1. The van der Waals surface area contributed by atoms with Gasteiger partial charge < -0.3 is 9.90 Å². The van der Waals surface area contributed by atoms with E-state index >= 15 is 0 Å². The number of aromatic nitrogens is 1. The molecule has 1 aliphatic carbocycles. The molecule has 0 N–H and O–H groups in total. The van der Waals surface area contributed by atoms with Crippen molar-refractivity contribution < 1.29 is 14.3 Å². The average molecular weight is 332 g/mol. The minimum Gasteiger partial charge on any atom is -0.545 e. The van der Waals surface area contributed by atoms with Crippen LogP contribution in [-0.4, -0.2) is 11.0 Å². The van der Waals surface area contributed by atoms with Gasteiger partial charge in [-0.05, 0) is 60.2 Å². The predicted molar refractivity (Wildman–Crippen MR) is 93.3 cm³/mol. The summed E-state index contributed by atoms with van der Waals surface area (Å²) in [4.78, 5) is 16.5. The monoisotopic (exact) mass is 332 g/mol. The van der Waals surface area contributed by atoms with E-state index in [2.05, 4.69) is 0 Å². The maximum Gasteiger partial charge on any atom is 0.123 e. The van der Waals surface area contributed by atoms with Crippen LogP contribution >= 0.6 is 0 Å². The zero-order valence-electron chi connectivity index (χ0n) is 13.5. The standard InChI is InChI=1S/C21H16FNO2/c22-15-7-3-5-13(12-15)11-14-6-4-9-17-19(21(24)25)16-8-1-2-10-18(16)23-20(14)17/h1-3,5,7-8,10-12H,4,6,9H2,(H,24,25)/p-1/b14-11+. The van der Waals surface area contributed by atoms with Gasteiger partial charge in [0.15, 0.2) is 0 Å². The summed E-state index contributed by atoms with van der Waals surface area (Å²) in [6.07, 6.45) is 4.15. The number of pyridine rings is 1. The minimum atomic E-state index is -1.18. The third kappa shape index (κ3) is 2.80. The lowest BCUT2D eigenvalue weighted by Gasteiger charge is -2.23. The number of hydrogen-bond donors (Lipinski definition) is 0. The molecule has 1 aromatic heterocycles. The van der Waals surface area contributed by atoms with Gasteiger partial charge in [0.2, 0.25) is 0 Å². The number of fused-ring (bicyclic) bond motifs is 2. The van der Waals surface area contributed by atoms with Gasteiger partial charge in [-0.15, -0.1) is 0 Å². The number of hydrogen-bond acceptors (Lipinski definition) is 3. The highest BCUT2D eigenvalue weighted by Crippen LogP contribution is 2.35. The van der Waals surface area contributed by atoms with Gasteiger partial charge in [0.05, 0.1) is 17.2 Å². The maximum atomic E-state index is 13.5. The molecule has 4 heteroatoms.